The van der Waals surface area contributed by atoms with Crippen LogP contribution in [0.1, 0.15) is 40.5 Å². The van der Waals surface area contributed by atoms with Crippen molar-refractivity contribution in [2.24, 2.45) is 17.3 Å². The monoisotopic (exact) mass is 224 g/mol. The molecule has 2 aliphatic rings. The van der Waals surface area contributed by atoms with Crippen LogP contribution in [0.5, 0.6) is 0 Å². The third-order valence-corrected chi connectivity index (χ3v) is 4.28. The van der Waals surface area contributed by atoms with Crippen LogP contribution in [0.25, 0.3) is 0 Å². The molecule has 0 aromatic heterocycles. The van der Waals surface area contributed by atoms with E-state index in [4.69, 9.17) is 0 Å². The van der Waals surface area contributed by atoms with Crippen LogP contribution in [-0.4, -0.2) is 37.1 Å². The molecule has 0 spiro atoms. The van der Waals surface area contributed by atoms with Crippen LogP contribution in [0.4, 0.5) is 0 Å². The van der Waals surface area contributed by atoms with Gasteiger partial charge in [0, 0.05) is 32.2 Å². The first kappa shape index (κ1) is 12.4. The van der Waals surface area contributed by atoms with Gasteiger partial charge >= 0.3 is 0 Å². The maximum Gasteiger partial charge on any atom is 0.0244 e. The second-order valence-electron chi connectivity index (χ2n) is 6.95. The van der Waals surface area contributed by atoms with Gasteiger partial charge in [-0.1, -0.05) is 27.7 Å². The molecule has 16 heavy (non-hydrogen) atoms. The van der Waals surface area contributed by atoms with Gasteiger partial charge < -0.3 is 10.2 Å². The first-order valence-corrected chi connectivity index (χ1v) is 6.92. The van der Waals surface area contributed by atoms with Crippen LogP contribution in [0.2, 0.25) is 0 Å². The van der Waals surface area contributed by atoms with E-state index in [1.54, 1.807) is 0 Å². The van der Waals surface area contributed by atoms with Gasteiger partial charge in [0.1, 0.15) is 0 Å². The molecule has 0 aromatic carbocycles. The van der Waals surface area contributed by atoms with E-state index in [9.17, 15) is 0 Å². The molecule has 0 amide bonds. The summed E-state index contributed by atoms with van der Waals surface area (Å²) in [4.78, 5) is 2.68. The number of piperazine rings is 1. The molecule has 0 aromatic rings. The minimum absolute atomic E-state index is 0.390. The summed E-state index contributed by atoms with van der Waals surface area (Å²) >= 11 is 0. The third kappa shape index (κ3) is 3.21. The van der Waals surface area contributed by atoms with Gasteiger partial charge in [-0.25, -0.2) is 0 Å². The maximum absolute atomic E-state index is 3.67. The second-order valence-corrected chi connectivity index (χ2v) is 6.95. The third-order valence-electron chi connectivity index (χ3n) is 4.28. The molecule has 1 aliphatic carbocycles. The topological polar surface area (TPSA) is 15.3 Å². The van der Waals surface area contributed by atoms with Crippen LogP contribution in [-0.2, 0) is 0 Å². The number of nitrogens with zero attached hydrogens (tertiary/aromatic N) is 1. The zero-order valence-electron chi connectivity index (χ0n) is 11.4. The summed E-state index contributed by atoms with van der Waals surface area (Å²) in [7, 11) is 0. The Balaban J connectivity index is 1.81. The van der Waals surface area contributed by atoms with Crippen molar-refractivity contribution in [2.75, 3.05) is 26.2 Å². The molecule has 2 atom stereocenters. The fourth-order valence-corrected chi connectivity index (χ4v) is 2.78. The molecular formula is C14H28N2. The van der Waals surface area contributed by atoms with Crippen LogP contribution in [0.15, 0.2) is 0 Å². The molecule has 1 saturated heterocycles. The highest BCUT2D eigenvalue weighted by atomic mass is 15.2. The van der Waals surface area contributed by atoms with E-state index in [1.165, 1.54) is 39.0 Å². The minimum atomic E-state index is 0.390. The van der Waals surface area contributed by atoms with Crippen LogP contribution in [0, 0.1) is 17.3 Å². The molecule has 1 N–H and O–H groups in total. The molecule has 0 radical (unpaired) electrons. The number of hydrogen-bond donors (Lipinski definition) is 1. The molecule has 2 fully saturated rings. The van der Waals surface area contributed by atoms with Crippen molar-refractivity contribution < 1.29 is 0 Å². The molecule has 0 bridgehead atoms. The summed E-state index contributed by atoms with van der Waals surface area (Å²) in [6, 6.07) is 0.660. The summed E-state index contributed by atoms with van der Waals surface area (Å²) in [5.74, 6) is 1.96. The fourth-order valence-electron chi connectivity index (χ4n) is 2.78. The van der Waals surface area contributed by atoms with Gasteiger partial charge in [-0.05, 0) is 30.1 Å². The van der Waals surface area contributed by atoms with Crippen LogP contribution in [0.3, 0.4) is 0 Å². The Morgan fingerprint density at radius 2 is 2.00 bits per heavy atom. The van der Waals surface area contributed by atoms with Crippen molar-refractivity contribution in [3.63, 3.8) is 0 Å². The lowest BCUT2D eigenvalue weighted by Crippen LogP contribution is -2.56. The summed E-state index contributed by atoms with van der Waals surface area (Å²) < 4.78 is 0. The van der Waals surface area contributed by atoms with Crippen LogP contribution >= 0.6 is 0 Å². The summed E-state index contributed by atoms with van der Waals surface area (Å²) in [5.41, 5.74) is 0.390. The highest BCUT2D eigenvalue weighted by Gasteiger charge is 2.33. The minimum Gasteiger partial charge on any atom is -0.311 e. The molecule has 2 heteroatoms. The van der Waals surface area contributed by atoms with E-state index < -0.39 is 0 Å². The first-order valence-electron chi connectivity index (χ1n) is 6.92. The van der Waals surface area contributed by atoms with Gasteiger partial charge in [-0.3, -0.25) is 0 Å². The standard InChI is InChI=1S/C14H28N2/c1-11(12-5-6-12)9-16-8-7-15-13(10-16)14(2,3)4/h11-13,15H,5-10H2,1-4H3. The SMILES string of the molecule is CC(CN1CCNC(C(C)(C)C)C1)C1CC1. The second kappa shape index (κ2) is 4.66. The van der Waals surface area contributed by atoms with E-state index >= 15 is 0 Å². The zero-order chi connectivity index (χ0) is 11.8. The lowest BCUT2D eigenvalue weighted by atomic mass is 9.85. The smallest absolute Gasteiger partial charge is 0.0244 e. The van der Waals surface area contributed by atoms with Crippen LogP contribution < -0.4 is 5.32 Å². The van der Waals surface area contributed by atoms with Gasteiger partial charge in [-0.2, -0.15) is 0 Å². The highest BCUT2D eigenvalue weighted by Crippen LogP contribution is 2.37. The normalized spacial score (nSPS) is 30.4. The lowest BCUT2D eigenvalue weighted by Gasteiger charge is -2.41. The zero-order valence-corrected chi connectivity index (χ0v) is 11.4. The van der Waals surface area contributed by atoms with Gasteiger partial charge in [-0.15, -0.1) is 0 Å². The number of hydrogen-bond acceptors (Lipinski definition) is 2. The van der Waals surface area contributed by atoms with Crippen molar-refractivity contribution in [3.8, 4) is 0 Å². The molecule has 1 saturated carbocycles. The van der Waals surface area contributed by atoms with E-state index in [0.29, 0.717) is 11.5 Å². The van der Waals surface area contributed by atoms with Gasteiger partial charge in [0.2, 0.25) is 0 Å². The quantitative estimate of drug-likeness (QED) is 0.791. The molecule has 2 rings (SSSR count). The molecular weight excluding hydrogens is 196 g/mol. The summed E-state index contributed by atoms with van der Waals surface area (Å²) in [6.07, 6.45) is 2.96. The number of nitrogens with one attached hydrogen (secondary N) is 1. The van der Waals surface area contributed by atoms with Gasteiger partial charge in [0.25, 0.3) is 0 Å². The van der Waals surface area contributed by atoms with Crippen molar-refractivity contribution in [1.82, 2.24) is 10.2 Å². The molecule has 2 unspecified atom stereocenters. The predicted molar refractivity (Wildman–Crippen MR) is 69.6 cm³/mol. The van der Waals surface area contributed by atoms with E-state index in [2.05, 4.69) is 37.9 Å². The lowest BCUT2D eigenvalue weighted by molar-refractivity contribution is 0.118. The fraction of sp³-hybridized carbons (Fsp3) is 1.00. The average Bonchev–Trinajstić information content (AvgIpc) is 2.99. The maximum atomic E-state index is 3.67. The van der Waals surface area contributed by atoms with Gasteiger partial charge in [0.05, 0.1) is 0 Å². The first-order chi connectivity index (χ1) is 7.47. The predicted octanol–water partition coefficient (Wildman–Crippen LogP) is 2.35. The van der Waals surface area contributed by atoms with Crippen molar-refractivity contribution in [3.05, 3.63) is 0 Å². The summed E-state index contributed by atoms with van der Waals surface area (Å²) in [6.45, 7) is 14.4. The molecule has 94 valence electrons. The Morgan fingerprint density at radius 1 is 1.31 bits per heavy atom. The molecule has 1 heterocycles. The van der Waals surface area contributed by atoms with Crippen molar-refractivity contribution in [1.29, 1.82) is 0 Å². The van der Waals surface area contributed by atoms with E-state index in [-0.39, 0.29) is 0 Å². The van der Waals surface area contributed by atoms with Crippen molar-refractivity contribution in [2.45, 2.75) is 46.6 Å². The Hall–Kier alpha value is -0.0800. The Morgan fingerprint density at radius 3 is 2.56 bits per heavy atom. The molecule has 1 aliphatic heterocycles. The van der Waals surface area contributed by atoms with E-state index in [0.717, 1.165) is 11.8 Å². The summed E-state index contributed by atoms with van der Waals surface area (Å²) in [5, 5.41) is 3.67. The Bertz CT molecular complexity index is 227. The Kier molecular flexibility index (Phi) is 3.60. The average molecular weight is 224 g/mol. The largest absolute Gasteiger partial charge is 0.311 e. The number of rotatable bonds is 3. The van der Waals surface area contributed by atoms with E-state index in [1.807, 2.05) is 0 Å². The highest BCUT2D eigenvalue weighted by molar-refractivity contribution is 4.89. The molecule has 2 nitrogen and oxygen atoms in total. The Labute approximate surface area is 101 Å². The van der Waals surface area contributed by atoms with Crippen molar-refractivity contribution >= 4 is 0 Å². The van der Waals surface area contributed by atoms with Gasteiger partial charge in [0.15, 0.2) is 0 Å².